The molecular weight excluding hydrogens is 196 g/mol. The van der Waals surface area contributed by atoms with E-state index in [4.69, 9.17) is 0 Å². The van der Waals surface area contributed by atoms with Crippen molar-refractivity contribution in [1.29, 1.82) is 0 Å². The molecule has 76 valence electrons. The Bertz CT molecular complexity index is 314. The minimum Gasteiger partial charge on any atom is -0.508 e. The van der Waals surface area contributed by atoms with Gasteiger partial charge in [-0.2, -0.15) is 11.8 Å². The van der Waals surface area contributed by atoms with Crippen molar-refractivity contribution in [2.24, 2.45) is 5.92 Å². The smallest absolute Gasteiger partial charge is 0.115 e. The van der Waals surface area contributed by atoms with E-state index in [1.165, 1.54) is 0 Å². The maximum Gasteiger partial charge on any atom is 0.115 e. The minimum absolute atomic E-state index is 0.178. The van der Waals surface area contributed by atoms with Crippen LogP contribution >= 0.6 is 11.8 Å². The van der Waals surface area contributed by atoms with Crippen molar-refractivity contribution in [1.82, 2.24) is 0 Å². The highest BCUT2D eigenvalue weighted by Gasteiger charge is 2.25. The first-order valence-electron chi connectivity index (χ1n) is 4.79. The molecule has 2 nitrogen and oxygen atoms in total. The molecular formula is C11H14O2S. The standard InChI is InChI=1S/C11H14O2S/c12-10-3-1-2-8(5-10)4-9-6-14-7-11(9)13/h1-3,5,9,11-13H,4,6-7H2. The maximum atomic E-state index is 9.64. The summed E-state index contributed by atoms with van der Waals surface area (Å²) in [6.07, 6.45) is 0.685. The zero-order valence-corrected chi connectivity index (χ0v) is 8.70. The fraction of sp³-hybridized carbons (Fsp3) is 0.455. The van der Waals surface area contributed by atoms with Crippen LogP contribution in [0.1, 0.15) is 5.56 Å². The third-order valence-electron chi connectivity index (χ3n) is 2.57. The van der Waals surface area contributed by atoms with Gasteiger partial charge in [-0.1, -0.05) is 12.1 Å². The molecule has 1 fully saturated rings. The quantitative estimate of drug-likeness (QED) is 0.780. The Hall–Kier alpha value is -0.670. The second-order valence-electron chi connectivity index (χ2n) is 3.74. The first-order valence-corrected chi connectivity index (χ1v) is 5.95. The molecule has 1 aliphatic rings. The van der Waals surface area contributed by atoms with Crippen LogP contribution in [0, 0.1) is 5.92 Å². The van der Waals surface area contributed by atoms with Crippen molar-refractivity contribution in [2.75, 3.05) is 11.5 Å². The summed E-state index contributed by atoms with van der Waals surface area (Å²) in [4.78, 5) is 0. The number of hydrogen-bond acceptors (Lipinski definition) is 3. The number of rotatable bonds is 2. The Morgan fingerprint density at radius 1 is 1.36 bits per heavy atom. The van der Waals surface area contributed by atoms with E-state index in [1.54, 1.807) is 23.9 Å². The Morgan fingerprint density at radius 3 is 2.86 bits per heavy atom. The number of hydrogen-bond donors (Lipinski definition) is 2. The van der Waals surface area contributed by atoms with Crippen LogP contribution in [0.3, 0.4) is 0 Å². The van der Waals surface area contributed by atoms with Gasteiger partial charge in [0.1, 0.15) is 5.75 Å². The Balaban J connectivity index is 2.03. The molecule has 1 aromatic rings. The van der Waals surface area contributed by atoms with Crippen LogP contribution in [0.2, 0.25) is 0 Å². The predicted molar refractivity (Wildman–Crippen MR) is 58.6 cm³/mol. The van der Waals surface area contributed by atoms with Crippen molar-refractivity contribution in [3.63, 3.8) is 0 Å². The molecule has 0 bridgehead atoms. The molecule has 3 heteroatoms. The van der Waals surface area contributed by atoms with Crippen LogP contribution < -0.4 is 0 Å². The van der Waals surface area contributed by atoms with Gasteiger partial charge in [-0.05, 0) is 35.8 Å². The summed E-state index contributed by atoms with van der Waals surface area (Å²) in [6.45, 7) is 0. The van der Waals surface area contributed by atoms with E-state index in [1.807, 2.05) is 12.1 Å². The molecule has 2 N–H and O–H groups in total. The SMILES string of the molecule is Oc1cccc(CC2CSCC2O)c1. The number of aliphatic hydroxyl groups is 1. The van der Waals surface area contributed by atoms with Crippen molar-refractivity contribution < 1.29 is 10.2 Å². The largest absolute Gasteiger partial charge is 0.508 e. The Kier molecular flexibility index (Phi) is 2.99. The van der Waals surface area contributed by atoms with E-state index in [0.717, 1.165) is 23.5 Å². The molecule has 0 radical (unpaired) electrons. The molecule has 1 aliphatic heterocycles. The first kappa shape index (κ1) is 9.87. The number of aromatic hydroxyl groups is 1. The van der Waals surface area contributed by atoms with Crippen LogP contribution in [0.15, 0.2) is 24.3 Å². The van der Waals surface area contributed by atoms with E-state index < -0.39 is 0 Å². The summed E-state index contributed by atoms with van der Waals surface area (Å²) >= 11 is 1.80. The molecule has 0 saturated carbocycles. The lowest BCUT2D eigenvalue weighted by Crippen LogP contribution is -2.19. The summed E-state index contributed by atoms with van der Waals surface area (Å²) in [5, 5.41) is 18.9. The normalized spacial score (nSPS) is 26.6. The van der Waals surface area contributed by atoms with Crippen molar-refractivity contribution in [3.8, 4) is 5.75 Å². The molecule has 2 atom stereocenters. The van der Waals surface area contributed by atoms with Crippen molar-refractivity contribution in [2.45, 2.75) is 12.5 Å². The van der Waals surface area contributed by atoms with Gasteiger partial charge < -0.3 is 10.2 Å². The van der Waals surface area contributed by atoms with Gasteiger partial charge in [-0.15, -0.1) is 0 Å². The molecule has 0 aromatic heterocycles. The van der Waals surface area contributed by atoms with Crippen molar-refractivity contribution >= 4 is 11.8 Å². The van der Waals surface area contributed by atoms with E-state index in [0.29, 0.717) is 11.7 Å². The van der Waals surface area contributed by atoms with E-state index in [2.05, 4.69) is 0 Å². The lowest BCUT2D eigenvalue weighted by molar-refractivity contribution is 0.150. The molecule has 14 heavy (non-hydrogen) atoms. The molecule has 0 amide bonds. The minimum atomic E-state index is -0.178. The average Bonchev–Trinajstić information content (AvgIpc) is 2.52. The Morgan fingerprint density at radius 2 is 2.21 bits per heavy atom. The van der Waals surface area contributed by atoms with Gasteiger partial charge in [-0.3, -0.25) is 0 Å². The molecule has 1 aromatic carbocycles. The second-order valence-corrected chi connectivity index (χ2v) is 4.81. The van der Waals surface area contributed by atoms with E-state index in [-0.39, 0.29) is 6.10 Å². The summed E-state index contributed by atoms with van der Waals surface area (Å²) in [5.41, 5.74) is 1.11. The monoisotopic (exact) mass is 210 g/mol. The highest BCUT2D eigenvalue weighted by molar-refractivity contribution is 7.99. The van der Waals surface area contributed by atoms with Crippen LogP contribution in [-0.2, 0) is 6.42 Å². The van der Waals surface area contributed by atoms with Gasteiger partial charge in [0.2, 0.25) is 0 Å². The number of thioether (sulfide) groups is 1. The summed E-state index contributed by atoms with van der Waals surface area (Å²) < 4.78 is 0. The van der Waals surface area contributed by atoms with E-state index >= 15 is 0 Å². The number of aliphatic hydroxyl groups excluding tert-OH is 1. The lowest BCUT2D eigenvalue weighted by atomic mass is 9.97. The molecule has 2 rings (SSSR count). The van der Waals surface area contributed by atoms with Crippen LogP contribution in [0.4, 0.5) is 0 Å². The molecule has 0 aliphatic carbocycles. The van der Waals surface area contributed by atoms with E-state index in [9.17, 15) is 10.2 Å². The highest BCUT2D eigenvalue weighted by Crippen LogP contribution is 2.27. The third-order valence-corrected chi connectivity index (χ3v) is 3.81. The fourth-order valence-corrected chi connectivity index (χ4v) is 3.06. The molecule has 1 heterocycles. The van der Waals surface area contributed by atoms with Gasteiger partial charge in [0.05, 0.1) is 6.10 Å². The number of benzene rings is 1. The zero-order chi connectivity index (χ0) is 9.97. The maximum absolute atomic E-state index is 9.64. The van der Waals surface area contributed by atoms with Gasteiger partial charge in [0.15, 0.2) is 0 Å². The average molecular weight is 210 g/mol. The number of phenols is 1. The molecule has 2 unspecified atom stereocenters. The second kappa shape index (κ2) is 4.24. The van der Waals surface area contributed by atoms with Gasteiger partial charge in [0.25, 0.3) is 0 Å². The van der Waals surface area contributed by atoms with Crippen LogP contribution in [-0.4, -0.2) is 27.8 Å². The van der Waals surface area contributed by atoms with Gasteiger partial charge >= 0.3 is 0 Å². The number of phenolic OH excluding ortho intramolecular Hbond substituents is 1. The van der Waals surface area contributed by atoms with Gasteiger partial charge in [0, 0.05) is 5.75 Å². The fourth-order valence-electron chi connectivity index (χ4n) is 1.77. The summed E-state index contributed by atoms with van der Waals surface area (Å²) in [5.74, 6) is 2.53. The zero-order valence-electron chi connectivity index (χ0n) is 7.89. The highest BCUT2D eigenvalue weighted by atomic mass is 32.2. The van der Waals surface area contributed by atoms with Crippen LogP contribution in [0.25, 0.3) is 0 Å². The van der Waals surface area contributed by atoms with Crippen molar-refractivity contribution in [3.05, 3.63) is 29.8 Å². The summed E-state index contributed by atoms with van der Waals surface area (Å²) in [7, 11) is 0. The Labute approximate surface area is 88.0 Å². The predicted octanol–water partition coefficient (Wildman–Crippen LogP) is 1.66. The lowest BCUT2D eigenvalue weighted by Gasteiger charge is -2.13. The molecule has 0 spiro atoms. The third kappa shape index (κ3) is 2.22. The summed E-state index contributed by atoms with van der Waals surface area (Å²) in [6, 6.07) is 7.29. The molecule has 1 saturated heterocycles. The topological polar surface area (TPSA) is 40.5 Å². The first-order chi connectivity index (χ1) is 6.75. The van der Waals surface area contributed by atoms with Crippen LogP contribution in [0.5, 0.6) is 5.75 Å². The van der Waals surface area contributed by atoms with Gasteiger partial charge in [-0.25, -0.2) is 0 Å².